The third-order valence-corrected chi connectivity index (χ3v) is 3.17. The number of nitrogens with two attached hydrogens (primary N) is 1. The molecule has 1 aliphatic rings. The van der Waals surface area contributed by atoms with E-state index in [0.29, 0.717) is 13.1 Å². The SMILES string of the molecule is CCN1CCN(c2nc(NN)c(F)cc2F)CC1. The van der Waals surface area contributed by atoms with Crippen LogP contribution in [-0.2, 0) is 0 Å². The number of hydrogen-bond donors (Lipinski definition) is 2. The van der Waals surface area contributed by atoms with Gasteiger partial charge in [-0.25, -0.2) is 19.6 Å². The lowest BCUT2D eigenvalue weighted by molar-refractivity contribution is 0.269. The summed E-state index contributed by atoms with van der Waals surface area (Å²) in [6, 6.07) is 0.809. The van der Waals surface area contributed by atoms with Crippen LogP contribution in [0.2, 0.25) is 0 Å². The number of likely N-dealkylation sites (N-methyl/N-ethyl adjacent to an activating group) is 1. The van der Waals surface area contributed by atoms with Gasteiger partial charge in [0.25, 0.3) is 0 Å². The summed E-state index contributed by atoms with van der Waals surface area (Å²) in [5, 5.41) is 0. The molecular weight excluding hydrogens is 240 g/mol. The van der Waals surface area contributed by atoms with Crippen LogP contribution in [0.15, 0.2) is 6.07 Å². The zero-order chi connectivity index (χ0) is 13.1. The minimum atomic E-state index is -0.786. The lowest BCUT2D eigenvalue weighted by Crippen LogP contribution is -2.46. The van der Waals surface area contributed by atoms with Crippen LogP contribution in [0, 0.1) is 11.6 Å². The molecule has 0 amide bonds. The van der Waals surface area contributed by atoms with Crippen molar-refractivity contribution in [1.29, 1.82) is 0 Å². The highest BCUT2D eigenvalue weighted by atomic mass is 19.1. The van der Waals surface area contributed by atoms with Gasteiger partial charge in [0.15, 0.2) is 23.3 Å². The fraction of sp³-hybridized carbons (Fsp3) is 0.545. The average Bonchev–Trinajstić information content (AvgIpc) is 2.39. The normalized spacial score (nSPS) is 17.0. The van der Waals surface area contributed by atoms with E-state index >= 15 is 0 Å². The molecule has 0 bridgehead atoms. The van der Waals surface area contributed by atoms with Crippen LogP contribution in [0.1, 0.15) is 6.92 Å². The third-order valence-electron chi connectivity index (χ3n) is 3.17. The number of rotatable bonds is 3. The van der Waals surface area contributed by atoms with Crippen molar-refractivity contribution in [1.82, 2.24) is 9.88 Å². The van der Waals surface area contributed by atoms with Crippen LogP contribution in [0.3, 0.4) is 0 Å². The second-order valence-electron chi connectivity index (χ2n) is 4.19. The summed E-state index contributed by atoms with van der Waals surface area (Å²) < 4.78 is 26.9. The van der Waals surface area contributed by atoms with Gasteiger partial charge in [-0.2, -0.15) is 0 Å². The Hall–Kier alpha value is -1.47. The maximum atomic E-state index is 13.7. The van der Waals surface area contributed by atoms with Crippen LogP contribution >= 0.6 is 0 Å². The van der Waals surface area contributed by atoms with Gasteiger partial charge in [0.2, 0.25) is 0 Å². The first-order valence-corrected chi connectivity index (χ1v) is 5.95. The Morgan fingerprint density at radius 3 is 2.50 bits per heavy atom. The van der Waals surface area contributed by atoms with Crippen molar-refractivity contribution in [3.8, 4) is 0 Å². The van der Waals surface area contributed by atoms with E-state index in [0.717, 1.165) is 25.7 Å². The van der Waals surface area contributed by atoms with Crippen LogP contribution in [0.25, 0.3) is 0 Å². The van der Waals surface area contributed by atoms with Crippen molar-refractivity contribution in [3.63, 3.8) is 0 Å². The van der Waals surface area contributed by atoms with E-state index in [1.54, 1.807) is 0 Å². The summed E-state index contributed by atoms with van der Waals surface area (Å²) in [6.45, 7) is 6.10. The van der Waals surface area contributed by atoms with E-state index in [-0.39, 0.29) is 11.6 Å². The molecule has 1 aliphatic heterocycles. The van der Waals surface area contributed by atoms with E-state index in [2.05, 4.69) is 22.2 Å². The maximum absolute atomic E-state index is 13.7. The predicted molar refractivity (Wildman–Crippen MR) is 66.3 cm³/mol. The van der Waals surface area contributed by atoms with Crippen LogP contribution in [0.4, 0.5) is 20.4 Å². The third kappa shape index (κ3) is 2.51. The van der Waals surface area contributed by atoms with Crippen molar-refractivity contribution in [3.05, 3.63) is 17.7 Å². The Morgan fingerprint density at radius 2 is 1.94 bits per heavy atom. The lowest BCUT2D eigenvalue weighted by Gasteiger charge is -2.34. The predicted octanol–water partition coefficient (Wildman–Crippen LogP) is 0.787. The second kappa shape index (κ2) is 5.45. The first-order chi connectivity index (χ1) is 8.65. The summed E-state index contributed by atoms with van der Waals surface area (Å²) in [7, 11) is 0. The monoisotopic (exact) mass is 257 g/mol. The van der Waals surface area contributed by atoms with E-state index in [1.165, 1.54) is 0 Å². The molecule has 0 unspecified atom stereocenters. The lowest BCUT2D eigenvalue weighted by atomic mass is 10.3. The number of nitrogens with one attached hydrogen (secondary N) is 1. The number of aromatic nitrogens is 1. The Labute approximate surface area is 105 Å². The number of hydrogen-bond acceptors (Lipinski definition) is 5. The quantitative estimate of drug-likeness (QED) is 0.619. The van der Waals surface area contributed by atoms with Gasteiger partial charge in [0.1, 0.15) is 0 Å². The van der Waals surface area contributed by atoms with Gasteiger partial charge in [-0.05, 0) is 6.54 Å². The molecule has 1 fully saturated rings. The Bertz CT molecular complexity index is 418. The summed E-state index contributed by atoms with van der Waals surface area (Å²) in [5.41, 5.74) is 2.13. The molecule has 0 aliphatic carbocycles. The molecule has 0 atom stereocenters. The summed E-state index contributed by atoms with van der Waals surface area (Å²) in [4.78, 5) is 7.96. The second-order valence-corrected chi connectivity index (χ2v) is 4.19. The van der Waals surface area contributed by atoms with E-state index in [1.807, 2.05) is 4.90 Å². The summed E-state index contributed by atoms with van der Waals surface area (Å²) in [6.07, 6.45) is 0. The van der Waals surface area contributed by atoms with Crippen LogP contribution in [-0.4, -0.2) is 42.6 Å². The zero-order valence-corrected chi connectivity index (χ0v) is 10.3. The van der Waals surface area contributed by atoms with Gasteiger partial charge in [0, 0.05) is 32.2 Å². The fourth-order valence-corrected chi connectivity index (χ4v) is 2.06. The standard InChI is InChI=1S/C11H17F2N5/c1-2-17-3-5-18(6-4-17)11-9(13)7-8(12)10(15-11)16-14/h7H,2-6,14H2,1H3,(H,15,16). The first-order valence-electron chi connectivity index (χ1n) is 5.95. The van der Waals surface area contributed by atoms with Gasteiger partial charge < -0.3 is 15.2 Å². The highest BCUT2D eigenvalue weighted by Crippen LogP contribution is 2.22. The van der Waals surface area contributed by atoms with Crippen molar-refractivity contribution in [2.45, 2.75) is 6.92 Å². The number of nitrogen functional groups attached to an aromatic ring is 1. The molecule has 3 N–H and O–H groups in total. The molecule has 100 valence electrons. The van der Waals surface area contributed by atoms with Gasteiger partial charge >= 0.3 is 0 Å². The zero-order valence-electron chi connectivity index (χ0n) is 10.3. The summed E-state index contributed by atoms with van der Waals surface area (Å²) >= 11 is 0. The van der Waals surface area contributed by atoms with Gasteiger partial charge in [-0.1, -0.05) is 6.92 Å². The van der Waals surface area contributed by atoms with Crippen molar-refractivity contribution < 1.29 is 8.78 Å². The number of piperazine rings is 1. The molecule has 7 heteroatoms. The molecule has 5 nitrogen and oxygen atoms in total. The van der Waals surface area contributed by atoms with Gasteiger partial charge in [-0.3, -0.25) is 0 Å². The van der Waals surface area contributed by atoms with E-state index in [9.17, 15) is 8.78 Å². The smallest absolute Gasteiger partial charge is 0.178 e. The Kier molecular flexibility index (Phi) is 3.93. The largest absolute Gasteiger partial charge is 0.352 e. The molecule has 1 saturated heterocycles. The molecule has 1 aromatic rings. The van der Waals surface area contributed by atoms with Gasteiger partial charge in [-0.15, -0.1) is 0 Å². The van der Waals surface area contributed by atoms with Crippen molar-refractivity contribution in [2.75, 3.05) is 43.0 Å². The van der Waals surface area contributed by atoms with Crippen LogP contribution in [0.5, 0.6) is 0 Å². The van der Waals surface area contributed by atoms with Gasteiger partial charge in [0.05, 0.1) is 0 Å². The number of halogens is 2. The Morgan fingerprint density at radius 1 is 1.28 bits per heavy atom. The van der Waals surface area contributed by atoms with Crippen molar-refractivity contribution in [2.24, 2.45) is 5.84 Å². The maximum Gasteiger partial charge on any atom is 0.178 e. The minimum Gasteiger partial charge on any atom is -0.352 e. The highest BCUT2D eigenvalue weighted by Gasteiger charge is 2.21. The molecule has 0 aromatic carbocycles. The average molecular weight is 257 g/mol. The number of pyridine rings is 1. The fourth-order valence-electron chi connectivity index (χ4n) is 2.06. The molecule has 1 aromatic heterocycles. The van der Waals surface area contributed by atoms with E-state index in [4.69, 9.17) is 5.84 Å². The topological polar surface area (TPSA) is 57.4 Å². The number of nitrogens with zero attached hydrogens (tertiary/aromatic N) is 3. The minimum absolute atomic E-state index is 0.135. The van der Waals surface area contributed by atoms with Crippen LogP contribution < -0.4 is 16.2 Å². The number of hydrazine groups is 1. The van der Waals surface area contributed by atoms with E-state index < -0.39 is 11.6 Å². The molecule has 2 heterocycles. The summed E-state index contributed by atoms with van der Waals surface area (Å²) in [5.74, 6) is 3.72. The molecule has 18 heavy (non-hydrogen) atoms. The first kappa shape index (κ1) is 13.0. The highest BCUT2D eigenvalue weighted by molar-refractivity contribution is 5.49. The molecule has 0 spiro atoms. The van der Waals surface area contributed by atoms with Crippen molar-refractivity contribution >= 4 is 11.6 Å². The Balaban J connectivity index is 2.18. The molecule has 0 radical (unpaired) electrons. The molecule has 0 saturated carbocycles. The molecular formula is C11H17F2N5. The number of anilines is 2. The molecule has 2 rings (SSSR count).